The summed E-state index contributed by atoms with van der Waals surface area (Å²) in [6.45, 7) is 1.63. The Balaban J connectivity index is 0.000000208. The fourth-order valence-electron chi connectivity index (χ4n) is 2.17. The van der Waals surface area contributed by atoms with Crippen molar-refractivity contribution in [3.05, 3.63) is 51.8 Å². The van der Waals surface area contributed by atoms with Crippen LogP contribution in [0, 0.1) is 12.7 Å². The average molecular weight is 399 g/mol. The van der Waals surface area contributed by atoms with Gasteiger partial charge in [0.15, 0.2) is 11.6 Å². The van der Waals surface area contributed by atoms with E-state index in [1.165, 1.54) is 23.9 Å². The smallest absolute Gasteiger partial charge is 0.351 e. The second kappa shape index (κ2) is 8.84. The predicted octanol–water partition coefficient (Wildman–Crippen LogP) is 0.944. The first-order valence-corrected chi connectivity index (χ1v) is 8.72. The van der Waals surface area contributed by atoms with Gasteiger partial charge in [0.25, 0.3) is 0 Å². The van der Waals surface area contributed by atoms with E-state index in [4.69, 9.17) is 25.8 Å². The number of nitrogen functional groups attached to an aromatic ring is 1. The van der Waals surface area contributed by atoms with Crippen molar-refractivity contribution in [1.29, 1.82) is 0 Å². The zero-order valence-corrected chi connectivity index (χ0v) is 15.0. The Morgan fingerprint density at radius 2 is 2.22 bits per heavy atom. The maximum absolute atomic E-state index is 13.1. The molecule has 0 unspecified atom stereocenters. The van der Waals surface area contributed by atoms with E-state index in [2.05, 4.69) is 4.98 Å². The number of phenols is 1. The van der Waals surface area contributed by atoms with Gasteiger partial charge < -0.3 is 25.8 Å². The summed E-state index contributed by atoms with van der Waals surface area (Å²) in [7, 11) is 0. The largest absolute Gasteiger partial charge is 0.507 e. The predicted molar refractivity (Wildman–Crippen MR) is 96.1 cm³/mol. The molecule has 1 aromatic heterocycles. The molecule has 0 bridgehead atoms. The number of anilines is 1. The maximum Gasteiger partial charge on any atom is 0.351 e. The number of carboxylic acids is 1. The van der Waals surface area contributed by atoms with Crippen molar-refractivity contribution in [2.24, 2.45) is 0 Å². The summed E-state index contributed by atoms with van der Waals surface area (Å²) in [5, 5.41) is 26.4. The number of hydrogen-bond donors (Lipinski definition) is 4. The van der Waals surface area contributed by atoms with Gasteiger partial charge in [-0.1, -0.05) is 6.07 Å². The molecule has 9 nitrogen and oxygen atoms in total. The van der Waals surface area contributed by atoms with Crippen LogP contribution in [-0.4, -0.2) is 48.6 Å². The van der Waals surface area contributed by atoms with E-state index in [-0.39, 0.29) is 17.9 Å². The van der Waals surface area contributed by atoms with Crippen LogP contribution in [0.2, 0.25) is 0 Å². The van der Waals surface area contributed by atoms with Crippen molar-refractivity contribution >= 4 is 23.5 Å². The summed E-state index contributed by atoms with van der Waals surface area (Å²) in [6, 6.07) is 4.44. The molecule has 27 heavy (non-hydrogen) atoms. The van der Waals surface area contributed by atoms with Crippen molar-refractivity contribution in [2.45, 2.75) is 18.6 Å². The number of hydrogen-bond acceptors (Lipinski definition) is 8. The Labute approximate surface area is 157 Å². The van der Waals surface area contributed by atoms with Crippen molar-refractivity contribution < 1.29 is 29.2 Å². The molecule has 1 aliphatic rings. The van der Waals surface area contributed by atoms with Gasteiger partial charge in [0.2, 0.25) is 0 Å². The van der Waals surface area contributed by atoms with Crippen molar-refractivity contribution in [3.63, 3.8) is 0 Å². The SMILES string of the molecule is Cc1ccc(C(=O)O)c(O)c1.Nc1nc(=O)n([C@@H]2CS[C@H](CO)O2)cc1F. The highest BCUT2D eigenvalue weighted by Crippen LogP contribution is 2.30. The number of aromatic nitrogens is 2. The van der Waals surface area contributed by atoms with Crippen LogP contribution in [0.5, 0.6) is 5.75 Å². The molecule has 1 aromatic carbocycles. The van der Waals surface area contributed by atoms with Crippen LogP contribution in [0.1, 0.15) is 22.1 Å². The first-order chi connectivity index (χ1) is 12.7. The molecule has 2 aromatic rings. The van der Waals surface area contributed by atoms with Crippen molar-refractivity contribution in [2.75, 3.05) is 18.1 Å². The van der Waals surface area contributed by atoms with Gasteiger partial charge in [-0.2, -0.15) is 4.98 Å². The van der Waals surface area contributed by atoms with Crippen LogP contribution < -0.4 is 11.4 Å². The number of carbonyl (C=O) groups is 1. The summed E-state index contributed by atoms with van der Waals surface area (Å²) >= 11 is 1.35. The molecular weight excluding hydrogens is 381 g/mol. The fourth-order valence-corrected chi connectivity index (χ4v) is 3.10. The standard InChI is InChI=1S/C8H10FN3O3S.C8H8O3/c9-4-1-12(8(14)11-7(4)10)5-3-16-6(2-13)15-5;1-5-2-3-6(8(10)11)7(9)4-5/h1,5-6,13H,2-3H2,(H2,10,11,14);2-4,9H,1H3,(H,10,11)/t5-,6+;/m0./s1. The number of nitrogens with zero attached hydrogens (tertiary/aromatic N) is 2. The number of rotatable bonds is 3. The maximum atomic E-state index is 13.1. The van der Waals surface area contributed by atoms with E-state index in [1.807, 2.05) is 0 Å². The van der Waals surface area contributed by atoms with Gasteiger partial charge >= 0.3 is 11.7 Å². The molecule has 0 amide bonds. The molecule has 0 aliphatic carbocycles. The van der Waals surface area contributed by atoms with Crippen LogP contribution >= 0.6 is 11.8 Å². The van der Waals surface area contributed by atoms with Crippen molar-refractivity contribution in [3.8, 4) is 5.75 Å². The zero-order valence-electron chi connectivity index (χ0n) is 14.2. The second-order valence-corrected chi connectivity index (χ2v) is 6.72. The lowest BCUT2D eigenvalue weighted by molar-refractivity contribution is -0.00677. The molecule has 11 heteroatoms. The van der Waals surface area contributed by atoms with Gasteiger partial charge in [-0.05, 0) is 24.6 Å². The first-order valence-electron chi connectivity index (χ1n) is 7.68. The van der Waals surface area contributed by atoms with Gasteiger partial charge in [-0.15, -0.1) is 11.8 Å². The topological polar surface area (TPSA) is 148 Å². The summed E-state index contributed by atoms with van der Waals surface area (Å²) in [4.78, 5) is 25.1. The molecule has 0 spiro atoms. The molecule has 1 saturated heterocycles. The fraction of sp³-hybridized carbons (Fsp3) is 0.312. The van der Waals surface area contributed by atoms with E-state index in [0.29, 0.717) is 5.75 Å². The van der Waals surface area contributed by atoms with E-state index in [0.717, 1.165) is 16.3 Å². The quantitative estimate of drug-likeness (QED) is 0.592. The number of nitrogens with two attached hydrogens (primary N) is 1. The minimum absolute atomic E-state index is 0.0596. The number of aliphatic hydroxyl groups is 1. The third kappa shape index (κ3) is 5.18. The molecule has 0 radical (unpaired) electrons. The number of thioether (sulfide) groups is 1. The highest BCUT2D eigenvalue weighted by atomic mass is 32.2. The number of aromatic hydroxyl groups is 1. The van der Waals surface area contributed by atoms with Crippen LogP contribution in [0.15, 0.2) is 29.2 Å². The molecule has 5 N–H and O–H groups in total. The third-order valence-corrected chi connectivity index (χ3v) is 4.62. The zero-order chi connectivity index (χ0) is 20.1. The van der Waals surface area contributed by atoms with Crippen LogP contribution in [-0.2, 0) is 4.74 Å². The third-order valence-electron chi connectivity index (χ3n) is 3.51. The van der Waals surface area contributed by atoms with Crippen LogP contribution in [0.4, 0.5) is 10.2 Å². The molecule has 1 fully saturated rings. The number of ether oxygens (including phenoxy) is 1. The molecule has 146 valence electrons. The van der Waals surface area contributed by atoms with Crippen LogP contribution in [0.25, 0.3) is 0 Å². The number of benzene rings is 1. The minimum Gasteiger partial charge on any atom is -0.507 e. The Kier molecular flexibility index (Phi) is 6.77. The summed E-state index contributed by atoms with van der Waals surface area (Å²) in [5.74, 6) is -2.03. The highest BCUT2D eigenvalue weighted by Gasteiger charge is 2.28. The monoisotopic (exact) mass is 399 g/mol. The number of carboxylic acid groups (broad SMARTS) is 1. The van der Waals surface area contributed by atoms with Gasteiger partial charge in [-0.3, -0.25) is 4.57 Å². The van der Waals surface area contributed by atoms with Gasteiger partial charge in [0, 0.05) is 5.75 Å². The molecular formula is C16H18FN3O6S. The second-order valence-electron chi connectivity index (χ2n) is 5.53. The number of halogens is 1. The lowest BCUT2D eigenvalue weighted by atomic mass is 10.1. The van der Waals surface area contributed by atoms with E-state index in [9.17, 15) is 14.0 Å². The lowest BCUT2D eigenvalue weighted by Gasteiger charge is -2.13. The normalized spacial score (nSPS) is 18.6. The van der Waals surface area contributed by atoms with E-state index < -0.39 is 35.0 Å². The van der Waals surface area contributed by atoms with E-state index >= 15 is 0 Å². The Hall–Kier alpha value is -2.63. The number of aromatic carboxylic acids is 1. The number of aliphatic hydroxyl groups excluding tert-OH is 1. The number of aryl methyl sites for hydroxylation is 1. The minimum atomic E-state index is -1.11. The first kappa shape index (κ1) is 20.7. The lowest BCUT2D eigenvalue weighted by Crippen LogP contribution is -2.29. The molecule has 0 saturated carbocycles. The Bertz CT molecular complexity index is 891. The van der Waals surface area contributed by atoms with Gasteiger partial charge in [0.1, 0.15) is 23.0 Å². The van der Waals surface area contributed by atoms with Gasteiger partial charge in [-0.25, -0.2) is 14.0 Å². The Morgan fingerprint density at radius 3 is 2.78 bits per heavy atom. The Morgan fingerprint density at radius 1 is 1.52 bits per heavy atom. The summed E-state index contributed by atoms with van der Waals surface area (Å²) < 4.78 is 19.5. The van der Waals surface area contributed by atoms with Crippen LogP contribution in [0.3, 0.4) is 0 Å². The average Bonchev–Trinajstić information content (AvgIpc) is 3.07. The molecule has 2 heterocycles. The molecule has 1 aliphatic heterocycles. The summed E-state index contributed by atoms with van der Waals surface area (Å²) in [5.41, 5.74) is 4.88. The van der Waals surface area contributed by atoms with Gasteiger partial charge in [0.05, 0.1) is 12.8 Å². The highest BCUT2D eigenvalue weighted by molar-refractivity contribution is 8.00. The molecule has 2 atom stereocenters. The van der Waals surface area contributed by atoms with E-state index in [1.54, 1.807) is 13.0 Å². The molecule has 3 rings (SSSR count). The van der Waals surface area contributed by atoms with Crippen molar-refractivity contribution in [1.82, 2.24) is 9.55 Å². The summed E-state index contributed by atoms with van der Waals surface area (Å²) in [6.07, 6.45) is 0.354.